The van der Waals surface area contributed by atoms with Crippen LogP contribution in [0.25, 0.3) is 11.1 Å². The maximum atomic E-state index is 12.8. The van der Waals surface area contributed by atoms with Crippen molar-refractivity contribution in [1.82, 2.24) is 10.2 Å². The number of nitrogens with zero attached hydrogens (tertiary/aromatic N) is 1. The third-order valence-corrected chi connectivity index (χ3v) is 6.66. The van der Waals surface area contributed by atoms with Gasteiger partial charge in [-0.15, -0.1) is 0 Å². The van der Waals surface area contributed by atoms with Gasteiger partial charge in [-0.05, 0) is 35.6 Å². The van der Waals surface area contributed by atoms with E-state index in [0.29, 0.717) is 13.0 Å². The molecule has 2 aromatic rings. The van der Waals surface area contributed by atoms with Crippen LogP contribution in [0.1, 0.15) is 43.7 Å². The lowest BCUT2D eigenvalue weighted by Gasteiger charge is -2.38. The molecule has 180 valence electrons. The normalized spacial score (nSPS) is 20.2. The van der Waals surface area contributed by atoms with Crippen LogP contribution in [0.2, 0.25) is 0 Å². The van der Waals surface area contributed by atoms with Crippen molar-refractivity contribution >= 4 is 18.0 Å². The van der Waals surface area contributed by atoms with Crippen LogP contribution in [0.3, 0.4) is 0 Å². The Bertz CT molecular complexity index is 1040. The number of carbonyl (C=O) groups is 3. The zero-order valence-corrected chi connectivity index (χ0v) is 19.5. The minimum Gasteiger partial charge on any atom is -0.479 e. The molecule has 0 aromatic heterocycles. The predicted octanol–water partition coefficient (Wildman–Crippen LogP) is 3.40. The first-order chi connectivity index (χ1) is 16.3. The van der Waals surface area contributed by atoms with Crippen molar-refractivity contribution in [3.8, 4) is 11.1 Å². The number of amides is 2. The summed E-state index contributed by atoms with van der Waals surface area (Å²) in [5, 5.41) is 12.2. The van der Waals surface area contributed by atoms with E-state index in [4.69, 9.17) is 9.47 Å². The second-order valence-electron chi connectivity index (χ2n) is 8.98. The Morgan fingerprint density at radius 1 is 1.15 bits per heavy atom. The Morgan fingerprint density at radius 3 is 2.35 bits per heavy atom. The van der Waals surface area contributed by atoms with Crippen LogP contribution in [0.5, 0.6) is 0 Å². The van der Waals surface area contributed by atoms with Crippen molar-refractivity contribution in [3.63, 3.8) is 0 Å². The molecule has 0 saturated carbocycles. The van der Waals surface area contributed by atoms with Gasteiger partial charge in [-0.2, -0.15) is 0 Å². The summed E-state index contributed by atoms with van der Waals surface area (Å²) in [5.41, 5.74) is 3.15. The van der Waals surface area contributed by atoms with E-state index >= 15 is 0 Å². The van der Waals surface area contributed by atoms with Crippen LogP contribution in [-0.2, 0) is 19.1 Å². The minimum atomic E-state index is -1.42. The van der Waals surface area contributed by atoms with Gasteiger partial charge in [0, 0.05) is 24.9 Å². The number of carbonyl (C=O) groups excluding carboxylic acids is 2. The average Bonchev–Trinajstić information content (AvgIpc) is 3.16. The van der Waals surface area contributed by atoms with Crippen LogP contribution in [-0.4, -0.2) is 65.9 Å². The van der Waals surface area contributed by atoms with E-state index < -0.39 is 23.7 Å². The van der Waals surface area contributed by atoms with Gasteiger partial charge in [0.15, 0.2) is 5.60 Å². The molecule has 2 aliphatic rings. The maximum Gasteiger partial charge on any atom is 0.407 e. The van der Waals surface area contributed by atoms with Crippen LogP contribution >= 0.6 is 0 Å². The van der Waals surface area contributed by atoms with Crippen LogP contribution in [0.4, 0.5) is 4.79 Å². The van der Waals surface area contributed by atoms with Gasteiger partial charge in [0.1, 0.15) is 6.61 Å². The number of fused-ring (bicyclic) bond motifs is 3. The molecule has 34 heavy (non-hydrogen) atoms. The first kappa shape index (κ1) is 23.8. The number of carboxylic acid groups (broad SMARTS) is 1. The standard InChI is InChI=1S/C26H30N2O6/c1-3-17(14-23(29)28-12-13-34-26(2,16-28)24(30)31)27-25(32)33-15-22-20-10-6-4-8-18(20)19-9-5-7-11-21(19)22/h4-11,17,22H,3,12-16H2,1-2H3,(H,27,32)(H,30,31)/t17-,26?/m0/s1. The fraction of sp³-hybridized carbons (Fsp3) is 0.423. The number of benzene rings is 2. The van der Waals surface area contributed by atoms with Gasteiger partial charge < -0.3 is 24.8 Å². The summed E-state index contributed by atoms with van der Waals surface area (Å²) in [6, 6.07) is 15.8. The van der Waals surface area contributed by atoms with Gasteiger partial charge in [-0.25, -0.2) is 9.59 Å². The molecular formula is C26H30N2O6. The number of hydrogen-bond donors (Lipinski definition) is 2. The molecule has 2 amide bonds. The van der Waals surface area contributed by atoms with E-state index in [-0.39, 0.29) is 38.0 Å². The SMILES string of the molecule is CC[C@@H](CC(=O)N1CCOC(C)(C(=O)O)C1)NC(=O)OCC1c2ccccc2-c2ccccc21. The number of hydrogen-bond acceptors (Lipinski definition) is 5. The van der Waals surface area contributed by atoms with Crippen molar-refractivity contribution in [3.05, 3.63) is 59.7 Å². The molecule has 1 aliphatic heterocycles. The summed E-state index contributed by atoms with van der Waals surface area (Å²) in [4.78, 5) is 38.3. The Morgan fingerprint density at radius 2 is 1.76 bits per heavy atom. The van der Waals surface area contributed by atoms with Crippen molar-refractivity contribution in [2.75, 3.05) is 26.3 Å². The Kier molecular flexibility index (Phi) is 6.88. The van der Waals surface area contributed by atoms with Crippen molar-refractivity contribution < 1.29 is 29.0 Å². The van der Waals surface area contributed by atoms with E-state index in [1.165, 1.54) is 11.8 Å². The van der Waals surface area contributed by atoms with Gasteiger partial charge in [0.05, 0.1) is 13.2 Å². The third-order valence-electron chi connectivity index (χ3n) is 6.66. The molecule has 1 saturated heterocycles. The zero-order chi connectivity index (χ0) is 24.3. The van der Waals surface area contributed by atoms with Crippen molar-refractivity contribution in [2.24, 2.45) is 0 Å². The van der Waals surface area contributed by atoms with Crippen LogP contribution in [0, 0.1) is 0 Å². The molecule has 8 nitrogen and oxygen atoms in total. The molecule has 0 bridgehead atoms. The molecule has 2 atom stereocenters. The van der Waals surface area contributed by atoms with Crippen LogP contribution < -0.4 is 5.32 Å². The Hall–Kier alpha value is -3.39. The average molecular weight is 467 g/mol. The van der Waals surface area contributed by atoms with Crippen molar-refractivity contribution in [1.29, 1.82) is 0 Å². The highest BCUT2D eigenvalue weighted by Gasteiger charge is 2.41. The molecule has 0 spiro atoms. The number of rotatable bonds is 7. The molecule has 2 aromatic carbocycles. The smallest absolute Gasteiger partial charge is 0.407 e. The van der Waals surface area contributed by atoms with E-state index in [0.717, 1.165) is 22.3 Å². The van der Waals surface area contributed by atoms with E-state index in [9.17, 15) is 19.5 Å². The number of morpholine rings is 1. The second-order valence-corrected chi connectivity index (χ2v) is 8.98. The quantitative estimate of drug-likeness (QED) is 0.648. The van der Waals surface area contributed by atoms with E-state index in [1.807, 2.05) is 31.2 Å². The number of carboxylic acids is 1. The van der Waals surface area contributed by atoms with Gasteiger partial charge in [-0.1, -0.05) is 55.5 Å². The number of aliphatic carboxylic acids is 1. The molecular weight excluding hydrogens is 436 g/mol. The Labute approximate surface area is 198 Å². The third kappa shape index (κ3) is 4.77. The molecule has 1 unspecified atom stereocenters. The van der Waals surface area contributed by atoms with E-state index in [2.05, 4.69) is 29.6 Å². The van der Waals surface area contributed by atoms with Gasteiger partial charge >= 0.3 is 12.1 Å². The van der Waals surface area contributed by atoms with Gasteiger partial charge in [0.25, 0.3) is 0 Å². The van der Waals surface area contributed by atoms with Crippen LogP contribution in [0.15, 0.2) is 48.5 Å². The highest BCUT2D eigenvalue weighted by atomic mass is 16.5. The molecule has 8 heteroatoms. The molecule has 4 rings (SSSR count). The monoisotopic (exact) mass is 466 g/mol. The second kappa shape index (κ2) is 9.85. The molecule has 1 aliphatic carbocycles. The Balaban J connectivity index is 1.34. The molecule has 1 heterocycles. The number of ether oxygens (including phenoxy) is 2. The van der Waals surface area contributed by atoms with Gasteiger partial charge in [0.2, 0.25) is 5.91 Å². The summed E-state index contributed by atoms with van der Waals surface area (Å²) in [6.07, 6.45) is 0.0335. The highest BCUT2D eigenvalue weighted by Crippen LogP contribution is 2.44. The fourth-order valence-electron chi connectivity index (χ4n) is 4.66. The summed E-state index contributed by atoms with van der Waals surface area (Å²) in [6.45, 7) is 3.99. The summed E-state index contributed by atoms with van der Waals surface area (Å²) in [7, 11) is 0. The van der Waals surface area contributed by atoms with E-state index in [1.54, 1.807) is 0 Å². The zero-order valence-electron chi connectivity index (χ0n) is 19.5. The predicted molar refractivity (Wildman–Crippen MR) is 125 cm³/mol. The number of alkyl carbamates (subject to hydrolysis) is 1. The first-order valence-electron chi connectivity index (χ1n) is 11.6. The lowest BCUT2D eigenvalue weighted by molar-refractivity contribution is -0.177. The highest BCUT2D eigenvalue weighted by molar-refractivity contribution is 5.82. The molecule has 1 fully saturated rings. The largest absolute Gasteiger partial charge is 0.479 e. The van der Waals surface area contributed by atoms with Gasteiger partial charge in [-0.3, -0.25) is 4.79 Å². The summed E-state index contributed by atoms with van der Waals surface area (Å²) < 4.78 is 10.9. The summed E-state index contributed by atoms with van der Waals surface area (Å²) >= 11 is 0. The topological polar surface area (TPSA) is 105 Å². The molecule has 0 radical (unpaired) electrons. The lowest BCUT2D eigenvalue weighted by Crippen LogP contribution is -2.56. The molecule has 2 N–H and O–H groups in total. The lowest BCUT2D eigenvalue weighted by atomic mass is 9.98. The fourth-order valence-corrected chi connectivity index (χ4v) is 4.66. The van der Waals surface area contributed by atoms with Crippen molar-refractivity contribution in [2.45, 2.75) is 44.2 Å². The number of nitrogens with one attached hydrogen (secondary N) is 1. The summed E-state index contributed by atoms with van der Waals surface area (Å²) in [5.74, 6) is -1.36. The minimum absolute atomic E-state index is 0.0253. The maximum absolute atomic E-state index is 12.8. The first-order valence-corrected chi connectivity index (χ1v) is 11.6.